The van der Waals surface area contributed by atoms with E-state index in [9.17, 15) is 5.11 Å². The zero-order valence-electron chi connectivity index (χ0n) is 16.5. The lowest BCUT2D eigenvalue weighted by Crippen LogP contribution is -2.52. The van der Waals surface area contributed by atoms with Crippen LogP contribution in [0.3, 0.4) is 0 Å². The van der Waals surface area contributed by atoms with Crippen LogP contribution in [0.2, 0.25) is 5.02 Å². The Labute approximate surface area is 190 Å². The normalized spacial score (nSPS) is 22.3. The third-order valence-corrected chi connectivity index (χ3v) is 5.57. The van der Waals surface area contributed by atoms with Gasteiger partial charge in [0.1, 0.15) is 0 Å². The van der Waals surface area contributed by atoms with Crippen molar-refractivity contribution in [2.75, 3.05) is 44.3 Å². The maximum atomic E-state index is 10.6. The number of aliphatic imine (C=N–C) groups is 1. The summed E-state index contributed by atoms with van der Waals surface area (Å²) in [5, 5.41) is 18.3. The minimum absolute atomic E-state index is 0. The lowest BCUT2D eigenvalue weighted by molar-refractivity contribution is -0.0566. The maximum Gasteiger partial charge on any atom is 0.191 e. The molecule has 1 unspecified atom stereocenters. The van der Waals surface area contributed by atoms with E-state index in [1.807, 2.05) is 18.2 Å². The molecule has 2 fully saturated rings. The molecule has 0 saturated carbocycles. The van der Waals surface area contributed by atoms with Gasteiger partial charge in [0.2, 0.25) is 0 Å². The number of benzene rings is 1. The van der Waals surface area contributed by atoms with Crippen LogP contribution >= 0.6 is 35.6 Å². The Hall–Kier alpha value is -0.770. The van der Waals surface area contributed by atoms with Gasteiger partial charge < -0.3 is 25.4 Å². The van der Waals surface area contributed by atoms with Crippen LogP contribution in [0, 0.1) is 0 Å². The smallest absolute Gasteiger partial charge is 0.191 e. The van der Waals surface area contributed by atoms with Crippen LogP contribution in [0.4, 0.5) is 5.69 Å². The van der Waals surface area contributed by atoms with Gasteiger partial charge in [-0.15, -0.1) is 24.0 Å². The number of nitrogens with one attached hydrogen (secondary N) is 2. The van der Waals surface area contributed by atoms with Gasteiger partial charge in [0.25, 0.3) is 0 Å². The monoisotopic (exact) mass is 522 g/mol. The highest BCUT2D eigenvalue weighted by Crippen LogP contribution is 2.27. The number of anilines is 1. The minimum Gasteiger partial charge on any atom is -0.388 e. The molecule has 1 atom stereocenters. The zero-order chi connectivity index (χ0) is 19.1. The van der Waals surface area contributed by atoms with Gasteiger partial charge in [0, 0.05) is 51.7 Å². The van der Waals surface area contributed by atoms with E-state index in [0.29, 0.717) is 32.6 Å². The Morgan fingerprint density at radius 1 is 1.36 bits per heavy atom. The van der Waals surface area contributed by atoms with Crippen molar-refractivity contribution in [3.8, 4) is 0 Å². The Bertz CT molecular complexity index is 640. The van der Waals surface area contributed by atoms with Crippen LogP contribution in [0.5, 0.6) is 0 Å². The fraction of sp³-hybridized carbons (Fsp3) is 0.650. The van der Waals surface area contributed by atoms with Crippen molar-refractivity contribution in [2.24, 2.45) is 4.99 Å². The number of ether oxygens (including phenoxy) is 1. The van der Waals surface area contributed by atoms with E-state index >= 15 is 0 Å². The fourth-order valence-electron chi connectivity index (χ4n) is 3.67. The Morgan fingerprint density at radius 3 is 2.82 bits per heavy atom. The number of halogens is 2. The first-order valence-corrected chi connectivity index (χ1v) is 10.3. The first-order chi connectivity index (χ1) is 13.1. The number of guanidine groups is 1. The predicted molar refractivity (Wildman–Crippen MR) is 126 cm³/mol. The van der Waals surface area contributed by atoms with E-state index < -0.39 is 5.60 Å². The Kier molecular flexibility index (Phi) is 9.59. The summed E-state index contributed by atoms with van der Waals surface area (Å²) in [5.41, 5.74) is 0.334. The largest absolute Gasteiger partial charge is 0.388 e. The molecule has 2 saturated heterocycles. The van der Waals surface area contributed by atoms with Gasteiger partial charge in [-0.05, 0) is 31.9 Å². The number of para-hydroxylation sites is 1. The van der Waals surface area contributed by atoms with Crippen molar-refractivity contribution in [3.63, 3.8) is 0 Å². The van der Waals surface area contributed by atoms with Crippen molar-refractivity contribution in [2.45, 2.75) is 44.2 Å². The summed E-state index contributed by atoms with van der Waals surface area (Å²) in [7, 11) is 0. The molecule has 0 aromatic heterocycles. The predicted octanol–water partition coefficient (Wildman–Crippen LogP) is 3.02. The molecule has 2 aliphatic heterocycles. The lowest BCUT2D eigenvalue weighted by atomic mass is 9.95. The molecule has 2 aliphatic rings. The molecule has 8 heteroatoms. The molecule has 1 aromatic rings. The minimum atomic E-state index is -0.753. The van der Waals surface area contributed by atoms with Gasteiger partial charge >= 0.3 is 0 Å². The van der Waals surface area contributed by atoms with E-state index in [1.54, 1.807) is 0 Å². The van der Waals surface area contributed by atoms with Crippen LogP contribution < -0.4 is 15.5 Å². The summed E-state index contributed by atoms with van der Waals surface area (Å²) < 4.78 is 5.35. The second-order valence-corrected chi connectivity index (χ2v) is 7.82. The number of piperidine rings is 1. The standard InChI is InChI=1S/C20H31ClN4O2.HI/c1-2-22-19(23-15-20(26)9-12-27-13-10-20)24-16-6-5-11-25(14-16)18-8-4-3-7-17(18)21;/h3-4,7-8,16,26H,2,5-6,9-15H2,1H3,(H2,22,23,24);1H. The van der Waals surface area contributed by atoms with E-state index in [4.69, 9.17) is 16.3 Å². The van der Waals surface area contributed by atoms with Crippen molar-refractivity contribution in [3.05, 3.63) is 29.3 Å². The maximum absolute atomic E-state index is 10.6. The summed E-state index contributed by atoms with van der Waals surface area (Å²) >= 11 is 6.38. The van der Waals surface area contributed by atoms with E-state index in [1.165, 1.54) is 0 Å². The second-order valence-electron chi connectivity index (χ2n) is 7.41. The van der Waals surface area contributed by atoms with E-state index in [2.05, 4.69) is 33.5 Å². The second kappa shape index (κ2) is 11.4. The highest BCUT2D eigenvalue weighted by atomic mass is 127. The number of hydrogen-bond acceptors (Lipinski definition) is 4. The third kappa shape index (κ3) is 6.64. The van der Waals surface area contributed by atoms with Crippen molar-refractivity contribution >= 4 is 47.2 Å². The van der Waals surface area contributed by atoms with Crippen molar-refractivity contribution in [1.29, 1.82) is 0 Å². The average molecular weight is 523 g/mol. The Balaban J connectivity index is 0.00000280. The number of rotatable bonds is 5. The van der Waals surface area contributed by atoms with Gasteiger partial charge in [-0.25, -0.2) is 0 Å². The van der Waals surface area contributed by atoms with Crippen molar-refractivity contribution in [1.82, 2.24) is 10.6 Å². The molecule has 3 N–H and O–H groups in total. The van der Waals surface area contributed by atoms with Crippen LogP contribution in [-0.2, 0) is 4.74 Å². The van der Waals surface area contributed by atoms with Gasteiger partial charge in [-0.2, -0.15) is 0 Å². The molecule has 158 valence electrons. The van der Waals surface area contributed by atoms with Gasteiger partial charge in [0.15, 0.2) is 5.96 Å². The molecule has 2 heterocycles. The third-order valence-electron chi connectivity index (χ3n) is 5.25. The van der Waals surface area contributed by atoms with Crippen molar-refractivity contribution < 1.29 is 9.84 Å². The molecular weight excluding hydrogens is 491 g/mol. The molecule has 0 aliphatic carbocycles. The fourth-order valence-corrected chi connectivity index (χ4v) is 3.93. The molecule has 0 spiro atoms. The van der Waals surface area contributed by atoms with Gasteiger partial charge in [-0.1, -0.05) is 23.7 Å². The molecule has 0 amide bonds. The summed E-state index contributed by atoms with van der Waals surface area (Å²) in [6, 6.07) is 8.29. The highest BCUT2D eigenvalue weighted by molar-refractivity contribution is 14.0. The summed E-state index contributed by atoms with van der Waals surface area (Å²) in [6.07, 6.45) is 3.46. The summed E-state index contributed by atoms with van der Waals surface area (Å²) in [6.45, 7) is 6.33. The summed E-state index contributed by atoms with van der Waals surface area (Å²) in [4.78, 5) is 7.00. The molecule has 6 nitrogen and oxygen atoms in total. The van der Waals surface area contributed by atoms with Crippen LogP contribution in [0.25, 0.3) is 0 Å². The quantitative estimate of drug-likeness (QED) is 0.315. The van der Waals surface area contributed by atoms with E-state index in [0.717, 1.165) is 49.1 Å². The first-order valence-electron chi connectivity index (χ1n) is 9.94. The highest BCUT2D eigenvalue weighted by Gasteiger charge is 2.30. The molecule has 1 aromatic carbocycles. The summed E-state index contributed by atoms with van der Waals surface area (Å²) in [5.74, 6) is 0.767. The SMILES string of the molecule is CCNC(=NCC1(O)CCOCC1)NC1CCCN(c2ccccc2Cl)C1.I. The Morgan fingerprint density at radius 2 is 2.11 bits per heavy atom. The molecular formula is C20H32ClIN4O2. The number of nitrogens with zero attached hydrogens (tertiary/aromatic N) is 2. The molecule has 0 radical (unpaired) electrons. The number of aliphatic hydroxyl groups is 1. The lowest BCUT2D eigenvalue weighted by Gasteiger charge is -2.36. The zero-order valence-corrected chi connectivity index (χ0v) is 19.6. The van der Waals surface area contributed by atoms with Crippen LogP contribution in [0.1, 0.15) is 32.6 Å². The van der Waals surface area contributed by atoms with Crippen LogP contribution in [0.15, 0.2) is 29.3 Å². The van der Waals surface area contributed by atoms with Crippen LogP contribution in [-0.4, -0.2) is 62.1 Å². The first kappa shape index (κ1) is 23.5. The number of hydrogen-bond donors (Lipinski definition) is 3. The molecule has 0 bridgehead atoms. The van der Waals surface area contributed by atoms with E-state index in [-0.39, 0.29) is 30.0 Å². The topological polar surface area (TPSA) is 69.1 Å². The van der Waals surface area contributed by atoms with Gasteiger partial charge in [0.05, 0.1) is 22.9 Å². The average Bonchev–Trinajstić information content (AvgIpc) is 2.68. The molecule has 28 heavy (non-hydrogen) atoms. The van der Waals surface area contributed by atoms with Gasteiger partial charge in [-0.3, -0.25) is 4.99 Å². The molecule has 3 rings (SSSR count).